The second kappa shape index (κ2) is 6.76. The molecule has 0 aromatic heterocycles. The number of hydrogen-bond donors (Lipinski definition) is 0. The lowest BCUT2D eigenvalue weighted by molar-refractivity contribution is 0.481. The first kappa shape index (κ1) is 14.9. The molecule has 0 aliphatic heterocycles. The summed E-state index contributed by atoms with van der Waals surface area (Å²) in [6.07, 6.45) is 3.05. The quantitative estimate of drug-likeness (QED) is 0.742. The van der Waals surface area contributed by atoms with Gasteiger partial charge in [0.15, 0.2) is 0 Å². The van der Waals surface area contributed by atoms with Crippen LogP contribution in [0.5, 0.6) is 11.5 Å². The zero-order valence-electron chi connectivity index (χ0n) is 12.7. The van der Waals surface area contributed by atoms with Crippen LogP contribution in [0.15, 0.2) is 48.0 Å². The average Bonchev–Trinajstić information content (AvgIpc) is 2.50. The van der Waals surface area contributed by atoms with Crippen LogP contribution in [0.4, 0.5) is 0 Å². The van der Waals surface area contributed by atoms with Crippen LogP contribution < -0.4 is 4.74 Å². The van der Waals surface area contributed by atoms with Gasteiger partial charge in [0, 0.05) is 5.56 Å². The zero-order chi connectivity index (χ0) is 15.2. The van der Waals surface area contributed by atoms with Crippen LogP contribution in [-0.4, -0.2) is 0 Å². The van der Waals surface area contributed by atoms with E-state index in [1.54, 1.807) is 0 Å². The van der Waals surface area contributed by atoms with E-state index in [0.29, 0.717) is 5.56 Å². The van der Waals surface area contributed by atoms with Crippen molar-refractivity contribution in [2.75, 3.05) is 0 Å². The summed E-state index contributed by atoms with van der Waals surface area (Å²) >= 11 is 0. The van der Waals surface area contributed by atoms with E-state index in [2.05, 4.69) is 26.0 Å². The summed E-state index contributed by atoms with van der Waals surface area (Å²) in [6.45, 7) is 6.12. The third kappa shape index (κ3) is 3.73. The molecule has 0 unspecified atom stereocenters. The number of benzene rings is 2. The van der Waals surface area contributed by atoms with Crippen molar-refractivity contribution in [1.29, 1.82) is 5.26 Å². The summed E-state index contributed by atoms with van der Waals surface area (Å²) in [5.74, 6) is 1.58. The molecule has 21 heavy (non-hydrogen) atoms. The molecule has 2 heteroatoms. The van der Waals surface area contributed by atoms with Crippen LogP contribution in [0.25, 0.3) is 6.08 Å². The number of para-hydroxylation sites is 1. The van der Waals surface area contributed by atoms with Crippen LogP contribution in [0.1, 0.15) is 37.0 Å². The Hall–Kier alpha value is -2.53. The summed E-state index contributed by atoms with van der Waals surface area (Å²) in [5, 5.41) is 9.20. The van der Waals surface area contributed by atoms with E-state index in [-0.39, 0.29) is 0 Å². The molecule has 0 amide bonds. The van der Waals surface area contributed by atoms with Gasteiger partial charge in [-0.15, -0.1) is 0 Å². The molecule has 0 spiro atoms. The monoisotopic (exact) mass is 277 g/mol. The zero-order valence-corrected chi connectivity index (χ0v) is 12.7. The highest BCUT2D eigenvalue weighted by atomic mass is 16.5. The number of allylic oxidation sites excluding steroid dienone is 1. The van der Waals surface area contributed by atoms with Gasteiger partial charge in [-0.05, 0) is 50.1 Å². The van der Waals surface area contributed by atoms with Crippen LogP contribution >= 0.6 is 0 Å². The van der Waals surface area contributed by atoms with Crippen molar-refractivity contribution in [2.45, 2.75) is 27.2 Å². The fraction of sp³-hybridized carbons (Fsp3) is 0.211. The molecule has 0 N–H and O–H groups in total. The molecule has 0 saturated carbocycles. The van der Waals surface area contributed by atoms with Crippen molar-refractivity contribution in [2.24, 2.45) is 0 Å². The Bertz CT molecular complexity index is 693. The molecule has 0 heterocycles. The first-order valence-electron chi connectivity index (χ1n) is 7.09. The molecule has 0 aliphatic carbocycles. The molecule has 2 nitrogen and oxygen atoms in total. The summed E-state index contributed by atoms with van der Waals surface area (Å²) in [4.78, 5) is 0. The number of ether oxygens (including phenoxy) is 1. The summed E-state index contributed by atoms with van der Waals surface area (Å²) in [6, 6.07) is 15.8. The van der Waals surface area contributed by atoms with Gasteiger partial charge in [0.25, 0.3) is 0 Å². The van der Waals surface area contributed by atoms with Gasteiger partial charge in [-0.3, -0.25) is 0 Å². The summed E-state index contributed by atoms with van der Waals surface area (Å²) in [7, 11) is 0. The minimum atomic E-state index is 0.686. The average molecular weight is 277 g/mol. The largest absolute Gasteiger partial charge is 0.457 e. The lowest BCUT2D eigenvalue weighted by atomic mass is 10.0. The van der Waals surface area contributed by atoms with E-state index in [1.165, 1.54) is 5.57 Å². The highest BCUT2D eigenvalue weighted by Crippen LogP contribution is 2.30. The Balaban J connectivity index is 2.48. The molecule has 0 fully saturated rings. The maximum absolute atomic E-state index is 9.20. The molecule has 0 atom stereocenters. The molecule has 0 bridgehead atoms. The first-order chi connectivity index (χ1) is 10.1. The van der Waals surface area contributed by atoms with Gasteiger partial charge in [0.05, 0.1) is 11.6 Å². The van der Waals surface area contributed by atoms with E-state index in [4.69, 9.17) is 4.74 Å². The third-order valence-corrected chi connectivity index (χ3v) is 3.41. The Morgan fingerprint density at radius 3 is 2.57 bits per heavy atom. The predicted molar refractivity (Wildman–Crippen MR) is 86.4 cm³/mol. The number of nitrogens with zero attached hydrogens (tertiary/aromatic N) is 1. The SMILES string of the molecule is CC/C(C)=C\c1cc(C#N)c(C)cc1Oc1ccccc1. The van der Waals surface area contributed by atoms with Crippen molar-refractivity contribution in [3.63, 3.8) is 0 Å². The van der Waals surface area contributed by atoms with Crippen LogP contribution in [0.2, 0.25) is 0 Å². The predicted octanol–water partition coefficient (Wildman–Crippen LogP) is 5.47. The van der Waals surface area contributed by atoms with Gasteiger partial charge in [-0.1, -0.05) is 36.8 Å². The van der Waals surface area contributed by atoms with Crippen molar-refractivity contribution in [3.05, 3.63) is 64.7 Å². The number of aryl methyl sites for hydroxylation is 1. The molecular weight excluding hydrogens is 258 g/mol. The van der Waals surface area contributed by atoms with Gasteiger partial charge >= 0.3 is 0 Å². The van der Waals surface area contributed by atoms with Gasteiger partial charge in [-0.2, -0.15) is 5.26 Å². The van der Waals surface area contributed by atoms with Gasteiger partial charge < -0.3 is 4.74 Å². The van der Waals surface area contributed by atoms with E-state index in [1.807, 2.05) is 49.4 Å². The van der Waals surface area contributed by atoms with Gasteiger partial charge in [0.1, 0.15) is 11.5 Å². The number of hydrogen-bond acceptors (Lipinski definition) is 2. The van der Waals surface area contributed by atoms with E-state index in [0.717, 1.165) is 29.0 Å². The van der Waals surface area contributed by atoms with Gasteiger partial charge in [-0.25, -0.2) is 0 Å². The number of rotatable bonds is 4. The van der Waals surface area contributed by atoms with Crippen molar-refractivity contribution in [3.8, 4) is 17.6 Å². The molecule has 0 saturated heterocycles. The van der Waals surface area contributed by atoms with Crippen LogP contribution in [0.3, 0.4) is 0 Å². The smallest absolute Gasteiger partial charge is 0.134 e. The van der Waals surface area contributed by atoms with Crippen LogP contribution in [-0.2, 0) is 0 Å². The topological polar surface area (TPSA) is 33.0 Å². The van der Waals surface area contributed by atoms with Crippen molar-refractivity contribution in [1.82, 2.24) is 0 Å². The maximum Gasteiger partial charge on any atom is 0.134 e. The summed E-state index contributed by atoms with van der Waals surface area (Å²) < 4.78 is 5.98. The molecule has 106 valence electrons. The van der Waals surface area contributed by atoms with Crippen LogP contribution in [0, 0.1) is 18.3 Å². The first-order valence-corrected chi connectivity index (χ1v) is 7.09. The van der Waals surface area contributed by atoms with E-state index < -0.39 is 0 Å². The second-order valence-corrected chi connectivity index (χ2v) is 5.08. The highest BCUT2D eigenvalue weighted by Gasteiger charge is 2.08. The minimum Gasteiger partial charge on any atom is -0.457 e. The van der Waals surface area contributed by atoms with Crippen molar-refractivity contribution >= 4 is 6.08 Å². The molecule has 2 aromatic carbocycles. The normalized spacial score (nSPS) is 11.0. The molecule has 2 aromatic rings. The molecular formula is C19H19NO. The summed E-state index contributed by atoms with van der Waals surface area (Å²) in [5.41, 5.74) is 3.81. The fourth-order valence-corrected chi connectivity index (χ4v) is 2.00. The Kier molecular flexibility index (Phi) is 4.79. The fourth-order valence-electron chi connectivity index (χ4n) is 2.00. The second-order valence-electron chi connectivity index (χ2n) is 5.08. The molecule has 0 radical (unpaired) electrons. The van der Waals surface area contributed by atoms with Crippen molar-refractivity contribution < 1.29 is 4.74 Å². The lowest BCUT2D eigenvalue weighted by Crippen LogP contribution is -1.92. The van der Waals surface area contributed by atoms with E-state index in [9.17, 15) is 5.26 Å². The Labute approximate surface area is 126 Å². The van der Waals surface area contributed by atoms with E-state index >= 15 is 0 Å². The third-order valence-electron chi connectivity index (χ3n) is 3.41. The standard InChI is InChI=1S/C19H19NO/c1-4-14(2)10-16-12-17(13-20)15(3)11-19(16)21-18-8-6-5-7-9-18/h5-12H,4H2,1-3H3/b14-10-. The Morgan fingerprint density at radius 2 is 1.95 bits per heavy atom. The lowest BCUT2D eigenvalue weighted by Gasteiger charge is -2.12. The van der Waals surface area contributed by atoms with Gasteiger partial charge in [0.2, 0.25) is 0 Å². The molecule has 2 rings (SSSR count). The minimum absolute atomic E-state index is 0.686. The maximum atomic E-state index is 9.20. The number of nitriles is 1. The highest BCUT2D eigenvalue weighted by molar-refractivity contribution is 5.64. The Morgan fingerprint density at radius 1 is 1.24 bits per heavy atom. The molecule has 0 aliphatic rings.